The molecule has 0 radical (unpaired) electrons. The highest BCUT2D eigenvalue weighted by Crippen LogP contribution is 2.41. The SMILES string of the molecule is CCCCCCCCCCCCC1(C(=O)O)OC(=O)C(O)C1(O)C(=O)O. The average Bonchev–Trinajstić information content (AvgIpc) is 2.79. The summed E-state index contributed by atoms with van der Waals surface area (Å²) in [5, 5.41) is 38.5. The zero-order chi connectivity index (χ0) is 19.8. The molecule has 0 aliphatic carbocycles. The topological polar surface area (TPSA) is 141 Å². The maximum atomic E-state index is 11.6. The van der Waals surface area contributed by atoms with E-state index in [1.165, 1.54) is 25.7 Å². The first-order valence-electron chi connectivity index (χ1n) is 9.34. The number of carbonyl (C=O) groups excluding carboxylic acids is 1. The summed E-state index contributed by atoms with van der Waals surface area (Å²) in [5.41, 5.74) is -5.87. The number of aliphatic hydroxyl groups excluding tert-OH is 1. The van der Waals surface area contributed by atoms with E-state index in [2.05, 4.69) is 11.7 Å². The van der Waals surface area contributed by atoms with Crippen LogP contribution in [0.1, 0.15) is 77.6 Å². The number of esters is 1. The van der Waals surface area contributed by atoms with Crippen molar-refractivity contribution in [1.29, 1.82) is 0 Å². The summed E-state index contributed by atoms with van der Waals surface area (Å²) in [7, 11) is 0. The van der Waals surface area contributed by atoms with Gasteiger partial charge in [-0.3, -0.25) is 0 Å². The summed E-state index contributed by atoms with van der Waals surface area (Å²) in [6, 6.07) is 0. The van der Waals surface area contributed by atoms with Gasteiger partial charge in [-0.25, -0.2) is 14.4 Å². The summed E-state index contributed by atoms with van der Waals surface area (Å²) in [4.78, 5) is 34.5. The summed E-state index contributed by atoms with van der Waals surface area (Å²) in [6.07, 6.45) is 7.02. The van der Waals surface area contributed by atoms with Gasteiger partial charge in [0.15, 0.2) is 6.10 Å². The predicted molar refractivity (Wildman–Crippen MR) is 91.5 cm³/mol. The second kappa shape index (κ2) is 9.87. The van der Waals surface area contributed by atoms with Crippen molar-refractivity contribution in [3.63, 3.8) is 0 Å². The zero-order valence-electron chi connectivity index (χ0n) is 15.3. The van der Waals surface area contributed by atoms with Crippen molar-refractivity contribution in [2.45, 2.75) is 94.9 Å². The minimum Gasteiger partial charge on any atom is -0.479 e. The van der Waals surface area contributed by atoms with Crippen LogP contribution in [-0.4, -0.2) is 55.6 Å². The maximum Gasteiger partial charge on any atom is 0.352 e. The van der Waals surface area contributed by atoms with Gasteiger partial charge in [0.2, 0.25) is 5.60 Å². The number of carbonyl (C=O) groups is 3. The first-order chi connectivity index (χ1) is 12.2. The highest BCUT2D eigenvalue weighted by atomic mass is 16.6. The Morgan fingerprint density at radius 1 is 0.923 bits per heavy atom. The Bertz CT molecular complexity index is 505. The first kappa shape index (κ1) is 22.4. The molecule has 1 rings (SSSR count). The van der Waals surface area contributed by atoms with Crippen LogP contribution in [0.3, 0.4) is 0 Å². The average molecular weight is 374 g/mol. The molecular formula is C18H30O8. The van der Waals surface area contributed by atoms with Crippen LogP contribution >= 0.6 is 0 Å². The van der Waals surface area contributed by atoms with Crippen LogP contribution < -0.4 is 0 Å². The summed E-state index contributed by atoms with van der Waals surface area (Å²) in [5.74, 6) is -5.21. The largest absolute Gasteiger partial charge is 0.479 e. The number of aliphatic hydroxyl groups is 2. The fourth-order valence-corrected chi connectivity index (χ4v) is 3.40. The molecule has 1 aliphatic heterocycles. The minimum atomic E-state index is -3.20. The molecule has 1 heterocycles. The molecule has 1 saturated heterocycles. The van der Waals surface area contributed by atoms with Gasteiger partial charge >= 0.3 is 17.9 Å². The molecule has 0 bridgehead atoms. The van der Waals surface area contributed by atoms with Crippen molar-refractivity contribution in [1.82, 2.24) is 0 Å². The fraction of sp³-hybridized carbons (Fsp3) is 0.833. The fourth-order valence-electron chi connectivity index (χ4n) is 3.40. The van der Waals surface area contributed by atoms with Crippen molar-refractivity contribution >= 4 is 17.9 Å². The van der Waals surface area contributed by atoms with Crippen molar-refractivity contribution in [3.8, 4) is 0 Å². The van der Waals surface area contributed by atoms with E-state index in [0.717, 1.165) is 25.7 Å². The van der Waals surface area contributed by atoms with E-state index in [0.29, 0.717) is 6.42 Å². The Hall–Kier alpha value is -1.67. The van der Waals surface area contributed by atoms with Crippen LogP contribution in [0.2, 0.25) is 0 Å². The molecule has 3 atom stereocenters. The number of carboxylic acids is 2. The number of hydrogen-bond donors (Lipinski definition) is 4. The molecule has 0 spiro atoms. The maximum absolute atomic E-state index is 11.6. The quantitative estimate of drug-likeness (QED) is 0.283. The zero-order valence-corrected chi connectivity index (χ0v) is 15.3. The van der Waals surface area contributed by atoms with Crippen molar-refractivity contribution < 1.29 is 39.5 Å². The number of cyclic esters (lactones) is 1. The minimum absolute atomic E-state index is 0.262. The Labute approximate surface area is 153 Å². The highest BCUT2D eigenvalue weighted by molar-refractivity contribution is 6.01. The molecule has 1 aliphatic rings. The molecule has 8 nitrogen and oxygen atoms in total. The molecule has 0 aromatic heterocycles. The Kier molecular flexibility index (Phi) is 8.49. The number of hydrogen-bond acceptors (Lipinski definition) is 6. The number of rotatable bonds is 13. The summed E-state index contributed by atoms with van der Waals surface area (Å²) >= 11 is 0. The lowest BCUT2D eigenvalue weighted by molar-refractivity contribution is -0.204. The van der Waals surface area contributed by atoms with E-state index in [-0.39, 0.29) is 12.8 Å². The third kappa shape index (κ3) is 4.54. The number of aliphatic carboxylic acids is 2. The molecule has 4 N–H and O–H groups in total. The normalized spacial score (nSPS) is 28.1. The van der Waals surface area contributed by atoms with Gasteiger partial charge in [-0.15, -0.1) is 0 Å². The van der Waals surface area contributed by atoms with Crippen molar-refractivity contribution in [2.24, 2.45) is 0 Å². The molecule has 0 saturated carbocycles. The molecular weight excluding hydrogens is 344 g/mol. The van der Waals surface area contributed by atoms with E-state index in [9.17, 15) is 34.8 Å². The lowest BCUT2D eigenvalue weighted by atomic mass is 9.77. The van der Waals surface area contributed by atoms with Gasteiger partial charge in [-0.1, -0.05) is 64.7 Å². The molecule has 0 amide bonds. The third-order valence-electron chi connectivity index (χ3n) is 5.06. The Morgan fingerprint density at radius 2 is 1.38 bits per heavy atom. The van der Waals surface area contributed by atoms with E-state index in [1.54, 1.807) is 0 Å². The van der Waals surface area contributed by atoms with E-state index in [1.807, 2.05) is 0 Å². The second-order valence-electron chi connectivity index (χ2n) is 6.96. The van der Waals surface area contributed by atoms with E-state index >= 15 is 0 Å². The standard InChI is InChI=1S/C18H30O8/c1-2-3-4-5-6-7-8-9-10-11-12-17(15(21)22)18(25,16(23)24)13(19)14(20)26-17/h13,19,25H,2-12H2,1H3,(H,21,22)(H,23,24). The molecule has 1 fully saturated rings. The van der Waals surface area contributed by atoms with Crippen LogP contribution in [0.25, 0.3) is 0 Å². The van der Waals surface area contributed by atoms with Gasteiger partial charge < -0.3 is 25.2 Å². The van der Waals surface area contributed by atoms with Crippen LogP contribution in [0.4, 0.5) is 0 Å². The van der Waals surface area contributed by atoms with Gasteiger partial charge in [0, 0.05) is 6.42 Å². The van der Waals surface area contributed by atoms with Gasteiger partial charge in [0.25, 0.3) is 5.60 Å². The van der Waals surface area contributed by atoms with Crippen molar-refractivity contribution in [2.75, 3.05) is 0 Å². The summed E-state index contributed by atoms with van der Waals surface area (Å²) in [6.45, 7) is 2.16. The molecule has 0 aromatic carbocycles. The van der Waals surface area contributed by atoms with E-state index in [4.69, 9.17) is 0 Å². The van der Waals surface area contributed by atoms with Crippen LogP contribution in [0, 0.1) is 0 Å². The van der Waals surface area contributed by atoms with Crippen LogP contribution in [0.15, 0.2) is 0 Å². The number of ether oxygens (including phenoxy) is 1. The smallest absolute Gasteiger partial charge is 0.352 e. The summed E-state index contributed by atoms with van der Waals surface area (Å²) < 4.78 is 4.66. The Morgan fingerprint density at radius 3 is 1.81 bits per heavy atom. The van der Waals surface area contributed by atoms with Gasteiger partial charge in [0.05, 0.1) is 0 Å². The molecule has 150 valence electrons. The van der Waals surface area contributed by atoms with Crippen LogP contribution in [-0.2, 0) is 19.1 Å². The second-order valence-corrected chi connectivity index (χ2v) is 6.96. The lowest BCUT2D eigenvalue weighted by Gasteiger charge is -2.33. The van der Waals surface area contributed by atoms with Crippen molar-refractivity contribution in [3.05, 3.63) is 0 Å². The molecule has 8 heteroatoms. The molecule has 0 aromatic rings. The van der Waals surface area contributed by atoms with Gasteiger partial charge in [-0.2, -0.15) is 0 Å². The van der Waals surface area contributed by atoms with Gasteiger partial charge in [-0.05, 0) is 6.42 Å². The van der Waals surface area contributed by atoms with E-state index < -0.39 is 35.2 Å². The number of carboxylic acid groups (broad SMARTS) is 2. The molecule has 3 unspecified atom stereocenters. The lowest BCUT2D eigenvalue weighted by Crippen LogP contribution is -2.65. The van der Waals surface area contributed by atoms with Gasteiger partial charge in [0.1, 0.15) is 0 Å². The third-order valence-corrected chi connectivity index (χ3v) is 5.06. The number of unbranched alkanes of at least 4 members (excludes halogenated alkanes) is 9. The highest BCUT2D eigenvalue weighted by Gasteiger charge is 2.74. The Balaban J connectivity index is 2.50. The monoisotopic (exact) mass is 374 g/mol. The molecule has 26 heavy (non-hydrogen) atoms. The first-order valence-corrected chi connectivity index (χ1v) is 9.34. The van der Waals surface area contributed by atoms with Crippen LogP contribution in [0.5, 0.6) is 0 Å². The predicted octanol–water partition coefficient (Wildman–Crippen LogP) is 1.85.